The third-order valence-electron chi connectivity index (χ3n) is 15.1. The Hall–Kier alpha value is -4.23. The highest BCUT2D eigenvalue weighted by atomic mass is 16.5. The molecule has 1 amide bonds. The maximum absolute atomic E-state index is 15.2. The normalized spacial score (nSPS) is 37.0. The Labute approximate surface area is 327 Å². The summed E-state index contributed by atoms with van der Waals surface area (Å²) in [5, 5.41) is 25.8. The lowest BCUT2D eigenvalue weighted by Crippen LogP contribution is -2.74. The molecule has 2 bridgehead atoms. The summed E-state index contributed by atoms with van der Waals surface area (Å²) in [6.45, 7) is 7.49. The number of nitrogens with one attached hydrogen (secondary N) is 1. The Morgan fingerprint density at radius 3 is 2.48 bits per heavy atom. The van der Waals surface area contributed by atoms with E-state index in [1.807, 2.05) is 37.3 Å². The molecule has 9 atom stereocenters. The zero-order valence-corrected chi connectivity index (χ0v) is 33.1. The number of para-hydroxylation sites is 1. The summed E-state index contributed by atoms with van der Waals surface area (Å²) in [6.07, 6.45) is 8.41. The largest absolute Gasteiger partial charge is 0.496 e. The first-order valence-electron chi connectivity index (χ1n) is 20.2. The molecule has 5 aliphatic heterocycles. The van der Waals surface area contributed by atoms with E-state index in [1.54, 1.807) is 7.11 Å². The highest BCUT2D eigenvalue weighted by Crippen LogP contribution is 2.67. The van der Waals surface area contributed by atoms with Gasteiger partial charge in [-0.05, 0) is 80.7 Å². The fraction of sp³-hybridized carbons (Fsp3) is 0.568. The molecule has 1 aromatic heterocycles. The van der Waals surface area contributed by atoms with Crippen LogP contribution in [0, 0.1) is 11.3 Å². The van der Waals surface area contributed by atoms with Gasteiger partial charge in [-0.15, -0.1) is 0 Å². The predicted octanol–water partition coefficient (Wildman–Crippen LogP) is 3.98. The second-order valence-electron chi connectivity index (χ2n) is 17.5. The number of aromatic amines is 1. The van der Waals surface area contributed by atoms with Crippen LogP contribution in [0.1, 0.15) is 74.8 Å². The van der Waals surface area contributed by atoms with Crippen molar-refractivity contribution in [2.24, 2.45) is 11.3 Å². The van der Waals surface area contributed by atoms with E-state index in [0.717, 1.165) is 34.1 Å². The van der Waals surface area contributed by atoms with E-state index in [2.05, 4.69) is 39.9 Å². The Morgan fingerprint density at radius 1 is 0.982 bits per heavy atom. The van der Waals surface area contributed by atoms with Crippen molar-refractivity contribution in [3.05, 3.63) is 70.9 Å². The van der Waals surface area contributed by atoms with E-state index in [-0.39, 0.29) is 18.4 Å². The zero-order chi connectivity index (χ0) is 39.4. The van der Waals surface area contributed by atoms with Gasteiger partial charge in [0.2, 0.25) is 6.41 Å². The van der Waals surface area contributed by atoms with Crippen LogP contribution in [0.5, 0.6) is 5.75 Å². The van der Waals surface area contributed by atoms with Crippen molar-refractivity contribution < 1.29 is 38.8 Å². The molecule has 298 valence electrons. The summed E-state index contributed by atoms with van der Waals surface area (Å²) in [5.74, 6) is -0.932. The second kappa shape index (κ2) is 12.9. The predicted molar refractivity (Wildman–Crippen MR) is 210 cm³/mol. The molecule has 2 saturated heterocycles. The molecule has 12 heteroatoms. The molecule has 3 fully saturated rings. The Morgan fingerprint density at radius 2 is 1.77 bits per heavy atom. The molecule has 3 aromatic rings. The van der Waals surface area contributed by atoms with E-state index in [9.17, 15) is 19.8 Å². The summed E-state index contributed by atoms with van der Waals surface area (Å²) in [5.41, 5.74) is -1.32. The van der Waals surface area contributed by atoms with Crippen LogP contribution < -0.4 is 9.64 Å². The van der Waals surface area contributed by atoms with E-state index in [0.29, 0.717) is 88.2 Å². The van der Waals surface area contributed by atoms with Crippen molar-refractivity contribution in [3.63, 3.8) is 0 Å². The Bertz CT molecular complexity index is 2150. The molecule has 1 aliphatic carbocycles. The topological polar surface area (TPSA) is 145 Å². The van der Waals surface area contributed by atoms with Crippen molar-refractivity contribution in [1.82, 2.24) is 14.8 Å². The van der Waals surface area contributed by atoms with Gasteiger partial charge in [-0.25, -0.2) is 4.79 Å². The number of carbonyl (C=O) groups excluding carboxylic acids is 3. The van der Waals surface area contributed by atoms with Crippen LogP contribution in [-0.4, -0.2) is 121 Å². The molecule has 2 aromatic carbocycles. The summed E-state index contributed by atoms with van der Waals surface area (Å²) in [4.78, 5) is 52.8. The molecule has 1 saturated carbocycles. The minimum absolute atomic E-state index is 0.0959. The second-order valence-corrected chi connectivity index (χ2v) is 17.5. The number of hydrogen-bond acceptors (Lipinski definition) is 10. The average molecular weight is 767 g/mol. The molecule has 1 unspecified atom stereocenters. The average Bonchev–Trinajstić information content (AvgIpc) is 3.88. The number of methoxy groups -OCH3 is 3. The number of amides is 1. The quantitative estimate of drug-likeness (QED) is 0.184. The highest BCUT2D eigenvalue weighted by molar-refractivity contribution is 5.96. The molecule has 6 heterocycles. The van der Waals surface area contributed by atoms with Crippen molar-refractivity contribution in [3.8, 4) is 5.75 Å². The summed E-state index contributed by atoms with van der Waals surface area (Å²) in [6, 6.07) is 10.9. The van der Waals surface area contributed by atoms with Gasteiger partial charge in [0.25, 0.3) is 0 Å². The summed E-state index contributed by atoms with van der Waals surface area (Å²) >= 11 is 0. The van der Waals surface area contributed by atoms with Gasteiger partial charge < -0.3 is 34.3 Å². The molecule has 12 nitrogen and oxygen atoms in total. The number of H-pyrrole nitrogens is 1. The van der Waals surface area contributed by atoms with Crippen molar-refractivity contribution >= 4 is 34.9 Å². The number of anilines is 1. The van der Waals surface area contributed by atoms with E-state index >= 15 is 4.79 Å². The van der Waals surface area contributed by atoms with Gasteiger partial charge in [0.1, 0.15) is 11.2 Å². The van der Waals surface area contributed by atoms with Crippen LogP contribution in [0.15, 0.2) is 48.6 Å². The molecule has 0 radical (unpaired) electrons. The van der Waals surface area contributed by atoms with Gasteiger partial charge in [-0.3, -0.25) is 19.4 Å². The maximum Gasteiger partial charge on any atom is 0.340 e. The van der Waals surface area contributed by atoms with Gasteiger partial charge in [0.15, 0.2) is 5.60 Å². The number of carbonyl (C=O) groups is 3. The van der Waals surface area contributed by atoms with Crippen LogP contribution in [0.25, 0.3) is 10.9 Å². The number of ether oxygens (including phenoxy) is 3. The third kappa shape index (κ3) is 4.76. The lowest BCUT2D eigenvalue weighted by Gasteiger charge is -2.60. The molecule has 3 N–H and O–H groups in total. The molecular formula is C44H54N4O8. The number of rotatable bonds is 7. The van der Waals surface area contributed by atoms with Crippen molar-refractivity contribution in [2.75, 3.05) is 59.0 Å². The third-order valence-corrected chi connectivity index (χ3v) is 15.1. The highest BCUT2D eigenvalue weighted by Gasteiger charge is 2.76. The van der Waals surface area contributed by atoms with Gasteiger partial charge in [0, 0.05) is 71.3 Å². The number of aromatic nitrogens is 1. The molecule has 56 heavy (non-hydrogen) atoms. The lowest BCUT2D eigenvalue weighted by molar-refractivity contribution is -0.181. The standard InChI is InChI=1S/C44H54N4O8/c1-6-40-14-10-16-47-18-15-42(36(40)47)30-19-31(34(54-3)20-33(30)48(26-49)37(42)44(53,24-40)39(51)56-5)43(38(50)55-4)22-27-21-41(52,7-2)25-46(23-27)17-13-29-28-11-8-9-12-32(28)45-35(29)43/h8-12,14,19-20,26-27,36-37,45,52-53H,6-7,13,15-18,21-25H2,1-5H3/t27-,36+,37+,40+,41+,42-,43-,44+/m0/s1. The number of nitrogens with zero attached hydrogens (tertiary/aromatic N) is 3. The SMILES string of the molecule is CC[C@@]1(O)C[C@@H]2CN(CCc3c([nH]c4ccccc34)[C@@](C(=O)OC)(c3cc4c(cc3OC)N(C=O)[C@@H]3[C@@]45CCN4CC=C[C@](CC)(C[C@]3(O)C(=O)OC)[C@@H]45)C2)C1. The van der Waals surface area contributed by atoms with Crippen LogP contribution in [0.2, 0.25) is 0 Å². The molecule has 1 spiro atoms. The Kier molecular flexibility index (Phi) is 8.60. The molecule has 6 aliphatic rings. The van der Waals surface area contributed by atoms with Crippen molar-refractivity contribution in [2.45, 2.75) is 92.9 Å². The van der Waals surface area contributed by atoms with Crippen LogP contribution in [0.4, 0.5) is 5.69 Å². The van der Waals surface area contributed by atoms with Crippen LogP contribution in [0.3, 0.4) is 0 Å². The zero-order valence-electron chi connectivity index (χ0n) is 33.1. The first-order valence-corrected chi connectivity index (χ1v) is 20.2. The molecular weight excluding hydrogens is 713 g/mol. The van der Waals surface area contributed by atoms with Gasteiger partial charge in [0.05, 0.1) is 38.7 Å². The van der Waals surface area contributed by atoms with Gasteiger partial charge in [-0.2, -0.15) is 0 Å². The minimum atomic E-state index is -2.04. The lowest BCUT2D eigenvalue weighted by atomic mass is 9.49. The maximum atomic E-state index is 15.2. The number of hydrogen-bond donors (Lipinski definition) is 3. The van der Waals surface area contributed by atoms with E-state index in [1.165, 1.54) is 19.1 Å². The van der Waals surface area contributed by atoms with Crippen LogP contribution in [-0.2, 0) is 41.1 Å². The summed E-state index contributed by atoms with van der Waals surface area (Å²) < 4.78 is 17.6. The number of piperidine rings is 1. The monoisotopic (exact) mass is 766 g/mol. The minimum Gasteiger partial charge on any atom is -0.496 e. The first kappa shape index (κ1) is 37.4. The van der Waals surface area contributed by atoms with Gasteiger partial charge in [-0.1, -0.05) is 44.2 Å². The summed E-state index contributed by atoms with van der Waals surface area (Å²) in [7, 11) is 4.27. The first-order chi connectivity index (χ1) is 26.9. The fourth-order valence-electron chi connectivity index (χ4n) is 13.0. The van der Waals surface area contributed by atoms with Crippen molar-refractivity contribution in [1.29, 1.82) is 0 Å². The fourth-order valence-corrected chi connectivity index (χ4v) is 13.0. The Balaban J connectivity index is 1.37. The number of esters is 2. The van der Waals surface area contributed by atoms with E-state index in [4.69, 9.17) is 14.2 Å². The number of aliphatic hydroxyl groups is 2. The number of fused-ring (bicyclic) bond motifs is 6. The van der Waals surface area contributed by atoms with E-state index < -0.39 is 45.4 Å². The smallest absolute Gasteiger partial charge is 0.340 e. The number of benzene rings is 2. The molecule has 9 rings (SSSR count). The van der Waals surface area contributed by atoms with Gasteiger partial charge >= 0.3 is 11.9 Å². The van der Waals surface area contributed by atoms with Crippen LogP contribution >= 0.6 is 0 Å².